The summed E-state index contributed by atoms with van der Waals surface area (Å²) in [5.41, 5.74) is 0. The Morgan fingerprint density at radius 2 is 1.79 bits per heavy atom. The van der Waals surface area contributed by atoms with Gasteiger partial charge in [0.05, 0.1) is 5.92 Å². The van der Waals surface area contributed by atoms with Gasteiger partial charge in [0, 0.05) is 6.04 Å². The number of carbonyl (C=O) groups is 1. The first-order valence-electron chi connectivity index (χ1n) is 7.96. The lowest BCUT2D eigenvalue weighted by atomic mass is 9.77. The van der Waals surface area contributed by atoms with Gasteiger partial charge >= 0.3 is 5.97 Å². The molecule has 0 amide bonds. The van der Waals surface area contributed by atoms with Crippen LogP contribution in [0, 0.1) is 23.7 Å². The third kappa shape index (κ3) is 3.50. The second-order valence-corrected chi connectivity index (χ2v) is 7.05. The summed E-state index contributed by atoms with van der Waals surface area (Å²) in [4.78, 5) is 13.9. The highest BCUT2D eigenvalue weighted by molar-refractivity contribution is 5.71. The molecule has 2 aliphatic rings. The van der Waals surface area contributed by atoms with Crippen molar-refractivity contribution in [3.63, 3.8) is 0 Å². The molecule has 0 radical (unpaired) electrons. The fourth-order valence-corrected chi connectivity index (χ4v) is 3.96. The first-order valence-corrected chi connectivity index (χ1v) is 7.96. The third-order valence-electron chi connectivity index (χ3n) is 5.38. The molecule has 1 aliphatic heterocycles. The SMILES string of the molecule is CC1CCC(C(=O)O)C(N2CCC(C(C)C)CC2)C1. The molecule has 110 valence electrons. The highest BCUT2D eigenvalue weighted by atomic mass is 16.4. The average Bonchev–Trinajstić information content (AvgIpc) is 2.38. The molecule has 19 heavy (non-hydrogen) atoms. The molecule has 1 saturated heterocycles. The normalized spacial score (nSPS) is 34.6. The molecule has 0 aromatic carbocycles. The van der Waals surface area contributed by atoms with Gasteiger partial charge in [0.15, 0.2) is 0 Å². The van der Waals surface area contributed by atoms with Gasteiger partial charge in [0.25, 0.3) is 0 Å². The summed E-state index contributed by atoms with van der Waals surface area (Å²) < 4.78 is 0. The highest BCUT2D eigenvalue weighted by Crippen LogP contribution is 2.35. The Morgan fingerprint density at radius 3 is 2.32 bits per heavy atom. The maximum absolute atomic E-state index is 11.5. The number of carboxylic acid groups (broad SMARTS) is 1. The molecule has 1 heterocycles. The Morgan fingerprint density at radius 1 is 1.16 bits per heavy atom. The zero-order chi connectivity index (χ0) is 14.0. The van der Waals surface area contributed by atoms with E-state index in [4.69, 9.17) is 0 Å². The average molecular weight is 267 g/mol. The van der Waals surface area contributed by atoms with Crippen LogP contribution in [0.4, 0.5) is 0 Å². The van der Waals surface area contributed by atoms with Crippen molar-refractivity contribution < 1.29 is 9.90 Å². The summed E-state index contributed by atoms with van der Waals surface area (Å²) in [7, 11) is 0. The molecule has 2 rings (SSSR count). The Kier molecular flexibility index (Phi) is 4.88. The van der Waals surface area contributed by atoms with Crippen molar-refractivity contribution in [1.29, 1.82) is 0 Å². The van der Waals surface area contributed by atoms with E-state index < -0.39 is 5.97 Å². The number of rotatable bonds is 3. The molecule has 3 unspecified atom stereocenters. The molecule has 3 atom stereocenters. The van der Waals surface area contributed by atoms with Crippen LogP contribution in [0.2, 0.25) is 0 Å². The highest BCUT2D eigenvalue weighted by Gasteiger charge is 2.38. The number of piperidine rings is 1. The van der Waals surface area contributed by atoms with E-state index in [2.05, 4.69) is 25.7 Å². The van der Waals surface area contributed by atoms with Crippen molar-refractivity contribution in [2.24, 2.45) is 23.7 Å². The van der Waals surface area contributed by atoms with Crippen molar-refractivity contribution in [1.82, 2.24) is 4.90 Å². The predicted octanol–water partition coefficient (Wildman–Crippen LogP) is 3.24. The molecule has 0 aromatic heterocycles. The van der Waals surface area contributed by atoms with E-state index in [1.807, 2.05) is 0 Å². The molecule has 1 saturated carbocycles. The lowest BCUT2D eigenvalue weighted by molar-refractivity contribution is -0.146. The molecule has 0 bridgehead atoms. The predicted molar refractivity (Wildman–Crippen MR) is 77.1 cm³/mol. The first kappa shape index (κ1) is 14.8. The molecule has 0 aromatic rings. The smallest absolute Gasteiger partial charge is 0.308 e. The van der Waals surface area contributed by atoms with Crippen LogP contribution in [-0.2, 0) is 4.79 Å². The van der Waals surface area contributed by atoms with E-state index in [-0.39, 0.29) is 12.0 Å². The Bertz CT molecular complexity index is 308. The summed E-state index contributed by atoms with van der Waals surface area (Å²) in [6.45, 7) is 9.09. The minimum absolute atomic E-state index is 0.133. The first-order chi connectivity index (χ1) is 8.99. The van der Waals surface area contributed by atoms with Crippen LogP contribution in [0.5, 0.6) is 0 Å². The van der Waals surface area contributed by atoms with E-state index in [0.717, 1.165) is 44.2 Å². The summed E-state index contributed by atoms with van der Waals surface area (Å²) >= 11 is 0. The molecule has 3 nitrogen and oxygen atoms in total. The fraction of sp³-hybridized carbons (Fsp3) is 0.938. The molecular formula is C16H29NO2. The van der Waals surface area contributed by atoms with Crippen LogP contribution >= 0.6 is 0 Å². The van der Waals surface area contributed by atoms with Crippen LogP contribution in [0.1, 0.15) is 52.9 Å². The summed E-state index contributed by atoms with van der Waals surface area (Å²) in [5, 5.41) is 9.44. The van der Waals surface area contributed by atoms with Crippen molar-refractivity contribution in [2.75, 3.05) is 13.1 Å². The number of nitrogens with zero attached hydrogens (tertiary/aromatic N) is 1. The number of aliphatic carboxylic acids is 1. The second kappa shape index (κ2) is 6.25. The van der Waals surface area contributed by atoms with Crippen LogP contribution in [0.3, 0.4) is 0 Å². The van der Waals surface area contributed by atoms with Crippen molar-refractivity contribution >= 4 is 5.97 Å². The van der Waals surface area contributed by atoms with Gasteiger partial charge in [-0.05, 0) is 62.9 Å². The van der Waals surface area contributed by atoms with Crippen LogP contribution in [0.25, 0.3) is 0 Å². The Hall–Kier alpha value is -0.570. The van der Waals surface area contributed by atoms with E-state index in [1.165, 1.54) is 12.8 Å². The number of hydrogen-bond donors (Lipinski definition) is 1. The van der Waals surface area contributed by atoms with Gasteiger partial charge in [-0.3, -0.25) is 9.69 Å². The van der Waals surface area contributed by atoms with E-state index in [0.29, 0.717) is 5.92 Å². The monoisotopic (exact) mass is 267 g/mol. The standard InChI is InChI=1S/C16H29NO2/c1-11(2)13-6-8-17(9-7-13)15-10-12(3)4-5-14(15)16(18)19/h11-15H,4-10H2,1-3H3,(H,18,19). The van der Waals surface area contributed by atoms with Gasteiger partial charge in [-0.25, -0.2) is 0 Å². The quantitative estimate of drug-likeness (QED) is 0.853. The third-order valence-corrected chi connectivity index (χ3v) is 5.38. The molecule has 1 aliphatic carbocycles. The molecule has 0 spiro atoms. The van der Waals surface area contributed by atoms with E-state index in [1.54, 1.807) is 0 Å². The van der Waals surface area contributed by atoms with Crippen molar-refractivity contribution in [3.05, 3.63) is 0 Å². The van der Waals surface area contributed by atoms with Gasteiger partial charge < -0.3 is 5.11 Å². The lowest BCUT2D eigenvalue weighted by Crippen LogP contribution is -2.50. The number of hydrogen-bond acceptors (Lipinski definition) is 2. The minimum Gasteiger partial charge on any atom is -0.481 e. The maximum Gasteiger partial charge on any atom is 0.308 e. The van der Waals surface area contributed by atoms with Crippen LogP contribution < -0.4 is 0 Å². The zero-order valence-corrected chi connectivity index (χ0v) is 12.6. The molecule has 1 N–H and O–H groups in total. The Labute approximate surface area is 117 Å². The topological polar surface area (TPSA) is 40.5 Å². The molecule has 2 fully saturated rings. The minimum atomic E-state index is -0.581. The summed E-state index contributed by atoms with van der Waals surface area (Å²) in [6, 6.07) is 0.286. The lowest BCUT2D eigenvalue weighted by Gasteiger charge is -2.44. The van der Waals surface area contributed by atoms with Gasteiger partial charge in [-0.1, -0.05) is 20.8 Å². The second-order valence-electron chi connectivity index (χ2n) is 7.05. The van der Waals surface area contributed by atoms with Crippen molar-refractivity contribution in [3.8, 4) is 0 Å². The summed E-state index contributed by atoms with van der Waals surface area (Å²) in [5.74, 6) is 1.57. The van der Waals surface area contributed by atoms with Gasteiger partial charge in [0.1, 0.15) is 0 Å². The van der Waals surface area contributed by atoms with Crippen LogP contribution in [-0.4, -0.2) is 35.1 Å². The maximum atomic E-state index is 11.5. The number of likely N-dealkylation sites (tertiary alicyclic amines) is 1. The van der Waals surface area contributed by atoms with Gasteiger partial charge in [-0.15, -0.1) is 0 Å². The van der Waals surface area contributed by atoms with Gasteiger partial charge in [-0.2, -0.15) is 0 Å². The van der Waals surface area contributed by atoms with Crippen LogP contribution in [0.15, 0.2) is 0 Å². The largest absolute Gasteiger partial charge is 0.481 e. The van der Waals surface area contributed by atoms with Crippen molar-refractivity contribution in [2.45, 2.75) is 58.9 Å². The van der Waals surface area contributed by atoms with E-state index >= 15 is 0 Å². The van der Waals surface area contributed by atoms with Gasteiger partial charge in [0.2, 0.25) is 0 Å². The van der Waals surface area contributed by atoms with E-state index in [9.17, 15) is 9.90 Å². The fourth-order valence-electron chi connectivity index (χ4n) is 3.96. The molecule has 3 heteroatoms. The zero-order valence-electron chi connectivity index (χ0n) is 12.6. The summed E-state index contributed by atoms with van der Waals surface area (Å²) in [6.07, 6.45) is 5.51. The molecular weight excluding hydrogens is 238 g/mol. The Balaban J connectivity index is 1.97. The number of carboxylic acids is 1.